The monoisotopic (exact) mass is 314 g/mol. The topological polar surface area (TPSA) is 50.4 Å². The number of para-hydroxylation sites is 1. The van der Waals surface area contributed by atoms with E-state index in [1.807, 2.05) is 31.2 Å². The number of carbonyl (C=O) groups excluding carboxylic acids is 1. The van der Waals surface area contributed by atoms with Crippen LogP contribution in [0.4, 0.5) is 0 Å². The Kier molecular flexibility index (Phi) is 7.44. The lowest BCUT2D eigenvalue weighted by molar-refractivity contribution is -0.121. The number of hydrogen-bond donors (Lipinski definition) is 2. The second-order valence-electron chi connectivity index (χ2n) is 3.73. The van der Waals surface area contributed by atoms with Gasteiger partial charge in [0.1, 0.15) is 5.75 Å². The Bertz CT molecular complexity index is 372. The zero-order valence-electron chi connectivity index (χ0n) is 10.5. The minimum atomic E-state index is 0.0138. The SMILES string of the molecule is CCNCCNC(=O)CCOc1ccccc1Br. The molecule has 1 aromatic rings. The Morgan fingerprint density at radius 3 is 2.83 bits per heavy atom. The summed E-state index contributed by atoms with van der Waals surface area (Å²) in [6, 6.07) is 7.60. The molecular formula is C13H19BrN2O2. The minimum Gasteiger partial charge on any atom is -0.492 e. The molecule has 1 rings (SSSR count). The van der Waals surface area contributed by atoms with Gasteiger partial charge in [0, 0.05) is 13.1 Å². The molecule has 0 spiro atoms. The molecular weight excluding hydrogens is 296 g/mol. The number of carbonyl (C=O) groups is 1. The number of nitrogens with one attached hydrogen (secondary N) is 2. The fourth-order valence-corrected chi connectivity index (χ4v) is 1.77. The van der Waals surface area contributed by atoms with Crippen molar-refractivity contribution in [1.82, 2.24) is 10.6 Å². The molecule has 0 radical (unpaired) electrons. The third-order valence-corrected chi connectivity index (χ3v) is 2.95. The van der Waals surface area contributed by atoms with Crippen LogP contribution in [0.2, 0.25) is 0 Å². The maximum atomic E-state index is 11.5. The van der Waals surface area contributed by atoms with E-state index < -0.39 is 0 Å². The second kappa shape index (κ2) is 8.94. The van der Waals surface area contributed by atoms with E-state index >= 15 is 0 Å². The van der Waals surface area contributed by atoms with Gasteiger partial charge in [-0.25, -0.2) is 0 Å². The number of likely N-dealkylation sites (N-methyl/N-ethyl adjacent to an activating group) is 1. The van der Waals surface area contributed by atoms with E-state index in [1.54, 1.807) is 0 Å². The summed E-state index contributed by atoms with van der Waals surface area (Å²) in [7, 11) is 0. The van der Waals surface area contributed by atoms with E-state index in [-0.39, 0.29) is 5.91 Å². The van der Waals surface area contributed by atoms with Gasteiger partial charge in [0.25, 0.3) is 0 Å². The van der Waals surface area contributed by atoms with Gasteiger partial charge >= 0.3 is 0 Å². The van der Waals surface area contributed by atoms with Gasteiger partial charge in [-0.2, -0.15) is 0 Å². The molecule has 5 heteroatoms. The molecule has 0 aliphatic rings. The molecule has 0 fully saturated rings. The van der Waals surface area contributed by atoms with Gasteiger partial charge in [-0.3, -0.25) is 4.79 Å². The maximum Gasteiger partial charge on any atom is 0.223 e. The Morgan fingerprint density at radius 1 is 1.33 bits per heavy atom. The summed E-state index contributed by atoms with van der Waals surface area (Å²) in [5.74, 6) is 0.776. The normalized spacial score (nSPS) is 10.1. The maximum absolute atomic E-state index is 11.5. The van der Waals surface area contributed by atoms with Gasteiger partial charge < -0.3 is 15.4 Å². The predicted octanol–water partition coefficient (Wildman–Crippen LogP) is 1.94. The highest BCUT2D eigenvalue weighted by Gasteiger charge is 2.03. The van der Waals surface area contributed by atoms with Gasteiger partial charge in [-0.1, -0.05) is 19.1 Å². The molecule has 0 aromatic heterocycles. The molecule has 4 nitrogen and oxygen atoms in total. The predicted molar refractivity (Wildman–Crippen MR) is 75.8 cm³/mol. The first kappa shape index (κ1) is 15.0. The van der Waals surface area contributed by atoms with Crippen molar-refractivity contribution in [2.75, 3.05) is 26.2 Å². The highest BCUT2D eigenvalue weighted by atomic mass is 79.9. The smallest absolute Gasteiger partial charge is 0.223 e. The zero-order chi connectivity index (χ0) is 13.2. The van der Waals surface area contributed by atoms with Crippen LogP contribution in [-0.4, -0.2) is 32.1 Å². The van der Waals surface area contributed by atoms with Crippen molar-refractivity contribution in [3.05, 3.63) is 28.7 Å². The molecule has 0 saturated heterocycles. The van der Waals surface area contributed by atoms with Gasteiger partial charge in [-0.05, 0) is 34.6 Å². The van der Waals surface area contributed by atoms with Crippen molar-refractivity contribution in [1.29, 1.82) is 0 Å². The van der Waals surface area contributed by atoms with Crippen LogP contribution in [0.1, 0.15) is 13.3 Å². The Labute approximate surface area is 116 Å². The molecule has 1 aromatic carbocycles. The van der Waals surface area contributed by atoms with E-state index in [9.17, 15) is 4.79 Å². The fourth-order valence-electron chi connectivity index (χ4n) is 1.37. The van der Waals surface area contributed by atoms with Crippen LogP contribution in [0.3, 0.4) is 0 Å². The number of amides is 1. The van der Waals surface area contributed by atoms with Crippen LogP contribution >= 0.6 is 15.9 Å². The third-order valence-electron chi connectivity index (χ3n) is 2.30. The highest BCUT2D eigenvalue weighted by molar-refractivity contribution is 9.10. The molecule has 0 bridgehead atoms. The molecule has 0 saturated carbocycles. The van der Waals surface area contributed by atoms with E-state index in [0.29, 0.717) is 19.6 Å². The molecule has 2 N–H and O–H groups in total. The van der Waals surface area contributed by atoms with E-state index in [1.165, 1.54) is 0 Å². The molecule has 0 unspecified atom stereocenters. The van der Waals surface area contributed by atoms with E-state index in [4.69, 9.17) is 4.74 Å². The standard InChI is InChI=1S/C13H19BrN2O2/c1-2-15-8-9-16-13(17)7-10-18-12-6-4-3-5-11(12)14/h3-6,15H,2,7-10H2,1H3,(H,16,17). The second-order valence-corrected chi connectivity index (χ2v) is 4.59. The summed E-state index contributed by atoms with van der Waals surface area (Å²) in [4.78, 5) is 11.5. The van der Waals surface area contributed by atoms with E-state index in [2.05, 4.69) is 26.6 Å². The van der Waals surface area contributed by atoms with Crippen molar-refractivity contribution in [3.8, 4) is 5.75 Å². The number of rotatable bonds is 8. The van der Waals surface area contributed by atoms with Gasteiger partial charge in [0.05, 0.1) is 17.5 Å². The molecule has 0 heterocycles. The van der Waals surface area contributed by atoms with Crippen molar-refractivity contribution < 1.29 is 9.53 Å². The van der Waals surface area contributed by atoms with Crippen LogP contribution in [0.15, 0.2) is 28.7 Å². The Hall–Kier alpha value is -1.07. The molecule has 1 amide bonds. The highest BCUT2D eigenvalue weighted by Crippen LogP contribution is 2.23. The number of benzene rings is 1. The number of halogens is 1. The summed E-state index contributed by atoms with van der Waals surface area (Å²) in [6.45, 7) is 4.79. The van der Waals surface area contributed by atoms with Crippen molar-refractivity contribution in [2.24, 2.45) is 0 Å². The first-order chi connectivity index (χ1) is 8.74. The van der Waals surface area contributed by atoms with Crippen LogP contribution in [0, 0.1) is 0 Å². The van der Waals surface area contributed by atoms with Crippen LogP contribution < -0.4 is 15.4 Å². The lowest BCUT2D eigenvalue weighted by atomic mass is 10.3. The first-order valence-electron chi connectivity index (χ1n) is 6.08. The summed E-state index contributed by atoms with van der Waals surface area (Å²) in [5.41, 5.74) is 0. The molecule has 0 aliphatic heterocycles. The lowest BCUT2D eigenvalue weighted by Gasteiger charge is -2.08. The largest absolute Gasteiger partial charge is 0.492 e. The average molecular weight is 315 g/mol. The summed E-state index contributed by atoms with van der Waals surface area (Å²) in [6.07, 6.45) is 0.369. The first-order valence-corrected chi connectivity index (χ1v) is 6.88. The summed E-state index contributed by atoms with van der Waals surface area (Å²) in [5, 5.41) is 5.97. The van der Waals surface area contributed by atoms with Gasteiger partial charge in [0.15, 0.2) is 0 Å². The fraction of sp³-hybridized carbons (Fsp3) is 0.462. The van der Waals surface area contributed by atoms with Crippen LogP contribution in [0.5, 0.6) is 5.75 Å². The summed E-state index contributed by atoms with van der Waals surface area (Å²) >= 11 is 3.39. The van der Waals surface area contributed by atoms with Gasteiger partial charge in [-0.15, -0.1) is 0 Å². The minimum absolute atomic E-state index is 0.0138. The summed E-state index contributed by atoms with van der Waals surface area (Å²) < 4.78 is 6.41. The van der Waals surface area contributed by atoms with Gasteiger partial charge in [0.2, 0.25) is 5.91 Å². The van der Waals surface area contributed by atoms with Crippen molar-refractivity contribution in [3.63, 3.8) is 0 Å². The Morgan fingerprint density at radius 2 is 2.11 bits per heavy atom. The van der Waals surface area contributed by atoms with Crippen LogP contribution in [0.25, 0.3) is 0 Å². The Balaban J connectivity index is 2.14. The third kappa shape index (κ3) is 6.02. The molecule has 100 valence electrons. The average Bonchev–Trinajstić information content (AvgIpc) is 2.37. The number of hydrogen-bond acceptors (Lipinski definition) is 3. The quantitative estimate of drug-likeness (QED) is 0.721. The van der Waals surface area contributed by atoms with E-state index in [0.717, 1.165) is 23.3 Å². The molecule has 18 heavy (non-hydrogen) atoms. The van der Waals surface area contributed by atoms with Crippen molar-refractivity contribution >= 4 is 21.8 Å². The molecule has 0 aliphatic carbocycles. The molecule has 0 atom stereocenters. The van der Waals surface area contributed by atoms with Crippen LogP contribution in [-0.2, 0) is 4.79 Å². The zero-order valence-corrected chi connectivity index (χ0v) is 12.1. The van der Waals surface area contributed by atoms with Crippen molar-refractivity contribution in [2.45, 2.75) is 13.3 Å². The lowest BCUT2D eigenvalue weighted by Crippen LogP contribution is -2.32. The number of ether oxygens (including phenoxy) is 1.